The van der Waals surface area contributed by atoms with Gasteiger partial charge in [-0.2, -0.15) is 0 Å². The third kappa shape index (κ3) is 15.8. The van der Waals surface area contributed by atoms with Gasteiger partial charge >= 0.3 is 0 Å². The van der Waals surface area contributed by atoms with Crippen LogP contribution in [0.2, 0.25) is 0 Å². The second kappa shape index (κ2) is 31.3. The van der Waals surface area contributed by atoms with E-state index in [1.165, 1.54) is 65.4 Å². The van der Waals surface area contributed by atoms with E-state index in [0.29, 0.717) is 36.3 Å². The van der Waals surface area contributed by atoms with Gasteiger partial charge in [-0.25, -0.2) is 13.5 Å². The monoisotopic (exact) mass is 1370 g/mol. The Morgan fingerprint density at radius 3 is 2.07 bits per heavy atom. The number of amides is 4. The fraction of sp³-hybridized carbons (Fsp3) is 0.692. The molecule has 6 aliphatic heterocycles. The van der Waals surface area contributed by atoms with Crippen LogP contribution in [0.4, 0.5) is 8.78 Å². The number of aliphatic hydroxyl groups is 8. The minimum absolute atomic E-state index is 0.0507. The summed E-state index contributed by atoms with van der Waals surface area (Å²) in [7, 11) is 0. The zero-order valence-electron chi connectivity index (χ0n) is 53.9. The van der Waals surface area contributed by atoms with Crippen LogP contribution < -0.4 is 26.9 Å². The Kier molecular flexibility index (Phi) is 22.8. The van der Waals surface area contributed by atoms with Gasteiger partial charge in [0.25, 0.3) is 5.91 Å². The molecule has 4 amide bonds. The van der Waals surface area contributed by atoms with Gasteiger partial charge in [0.05, 0.1) is 62.2 Å². The first-order valence-electron chi connectivity index (χ1n) is 33.8. The van der Waals surface area contributed by atoms with Crippen molar-refractivity contribution < 1.29 is 107 Å². The molecule has 3 saturated carbocycles. The Bertz CT molecular complexity index is 3230. The number of halogens is 2. The van der Waals surface area contributed by atoms with Gasteiger partial charge in [0.15, 0.2) is 18.9 Å². The lowest BCUT2D eigenvalue weighted by Gasteiger charge is -2.48. The molecule has 2 aromatic carbocycles. The molecule has 12 rings (SSSR count). The zero-order chi connectivity index (χ0) is 68.3. The number of hydrogen-bond donors (Lipinski definition) is 13. The molecule has 3 aliphatic carbocycles. The molecule has 8 fully saturated rings. The van der Waals surface area contributed by atoms with E-state index in [1.54, 1.807) is 24.0 Å². The molecule has 30 nitrogen and oxygen atoms in total. The quantitative estimate of drug-likeness (QED) is 0.0539. The molecule has 534 valence electrons. The van der Waals surface area contributed by atoms with Gasteiger partial charge in [-0.1, -0.05) is 61.6 Å². The first kappa shape index (κ1) is 70.8. The highest BCUT2D eigenvalue weighted by Crippen LogP contribution is 2.43. The Morgan fingerprint density at radius 1 is 0.732 bits per heavy atom. The van der Waals surface area contributed by atoms with E-state index in [2.05, 4.69) is 37.2 Å². The molecule has 9 aliphatic rings. The molecule has 32 heteroatoms. The molecule has 3 aromatic rings. The standard InChI is InChI=1S/C65H90F2N10O20/c1-31-51(81)56(86)59-65(91-31)97-57-38(30-90-59)20-36(25-45(57)94-63-49(70-32(2)80)58(54(84)48(29-79)95-63)92-46(62(89)75-17-8-18-75)19-33-9-4-3-5-10-33)60(87)68-15-16-69-61(88)37-23-43(76-26-41(71-73-76)34-11-6-13-39(66)21-34)52(82)44(24-37)93-64-55(85)50(53(83)47(28-78)96-64)77-27-42(72-74-77)35-12-7-14-40(67)22-35/h6-7,11-14,21-22,26-27,31,33,36-38,43-59,63-65,72,74,78-79,81-86H,3-5,8-10,15-20,23-25,28-30H2,1-2H3,(H,68,87)(H,69,88)(H,70,80)/t31?,36?,37-,38-,43?,44+,45?,46-,47?,48?,49?,50?,51?,52?,53?,54?,55?,56?,57?,58?,59?,63?,64?,65?/m0/s1. The fourth-order valence-electron chi connectivity index (χ4n) is 15.1. The van der Waals surface area contributed by atoms with Crippen LogP contribution >= 0.6 is 0 Å². The molecular formula is C65H90F2N10O20. The summed E-state index contributed by atoms with van der Waals surface area (Å²) >= 11 is 0. The average Bonchev–Trinajstić information content (AvgIpc) is 1.74. The number of carbonyl (C=O) groups excluding carboxylic acids is 4. The predicted octanol–water partition coefficient (Wildman–Crippen LogP) is -1.51. The van der Waals surface area contributed by atoms with Crippen LogP contribution in [0, 0.1) is 35.3 Å². The summed E-state index contributed by atoms with van der Waals surface area (Å²) in [5.74, 6) is -5.16. The second-order valence-electron chi connectivity index (χ2n) is 27.1. The van der Waals surface area contributed by atoms with Crippen molar-refractivity contribution >= 4 is 29.3 Å². The maximum absolute atomic E-state index is 14.6. The van der Waals surface area contributed by atoms with E-state index >= 15 is 0 Å². The van der Waals surface area contributed by atoms with Crippen molar-refractivity contribution in [2.75, 3.05) is 46.0 Å². The number of nitrogens with one attached hydrogen (secondary N) is 5. The number of ether oxygens (including phenoxy) is 8. The Balaban J connectivity index is 0.751. The van der Waals surface area contributed by atoms with Crippen molar-refractivity contribution in [3.05, 3.63) is 78.1 Å². The van der Waals surface area contributed by atoms with Crippen LogP contribution in [0.5, 0.6) is 0 Å². The molecule has 0 bridgehead atoms. The lowest BCUT2D eigenvalue weighted by atomic mass is 9.77. The number of nitrogens with zero attached hydrogens (tertiary/aromatic N) is 5. The Morgan fingerprint density at radius 2 is 1.39 bits per heavy atom. The number of benzene rings is 2. The van der Waals surface area contributed by atoms with Crippen LogP contribution in [-0.2, 0) is 57.1 Å². The average molecular weight is 1370 g/mol. The topological polar surface area (TPSA) is 401 Å². The number of rotatable bonds is 21. The van der Waals surface area contributed by atoms with Gasteiger partial charge in [0.2, 0.25) is 17.7 Å². The van der Waals surface area contributed by atoms with Crippen molar-refractivity contribution in [3.63, 3.8) is 0 Å². The van der Waals surface area contributed by atoms with Gasteiger partial charge in [-0.05, 0) is 75.6 Å². The summed E-state index contributed by atoms with van der Waals surface area (Å²) in [5.41, 5.74) is 7.16. The van der Waals surface area contributed by atoms with Crippen molar-refractivity contribution in [1.29, 1.82) is 0 Å². The SMILES string of the molecule is CC(=O)NC1C(OC2CC(C(=O)NCCNC(=O)[C@H]3CC(n4cc(-c5cccc(F)c5)nn4)C(O)[C@H](OC4OC(CO)C(O)C(N5C=C(c6cccc(F)c6)NN5)C4O)C3)C[C@H]3COC4C(OC(C)C(O)C4O)OC23)OC(CO)C(O)C1O[C@@H](CC1CCCCC1)C(=O)N1CCC1. The number of aromatic nitrogens is 3. The highest BCUT2D eigenvalue weighted by Gasteiger charge is 2.56. The van der Waals surface area contributed by atoms with Crippen molar-refractivity contribution in [3.8, 4) is 11.3 Å². The van der Waals surface area contributed by atoms with Gasteiger partial charge in [0.1, 0.15) is 96.6 Å². The molecule has 13 N–H and O–H groups in total. The summed E-state index contributed by atoms with van der Waals surface area (Å²) < 4.78 is 81.2. The molecule has 20 unspecified atom stereocenters. The number of hydrazine groups is 2. The molecule has 1 aromatic heterocycles. The van der Waals surface area contributed by atoms with E-state index < -0.39 is 189 Å². The minimum Gasteiger partial charge on any atom is -0.394 e. The van der Waals surface area contributed by atoms with Crippen LogP contribution in [0.15, 0.2) is 60.9 Å². The normalized spacial score (nSPS) is 37.3. The summed E-state index contributed by atoms with van der Waals surface area (Å²) in [4.78, 5) is 58.2. The van der Waals surface area contributed by atoms with Crippen molar-refractivity contribution in [1.82, 2.24) is 51.8 Å². The molecule has 0 radical (unpaired) electrons. The van der Waals surface area contributed by atoms with Crippen LogP contribution in [0.25, 0.3) is 17.0 Å². The molecular weight excluding hydrogens is 1280 g/mol. The molecule has 97 heavy (non-hydrogen) atoms. The lowest BCUT2D eigenvalue weighted by Crippen LogP contribution is -2.67. The smallest absolute Gasteiger partial charge is 0.251 e. The second-order valence-corrected chi connectivity index (χ2v) is 27.1. The van der Waals surface area contributed by atoms with E-state index in [-0.39, 0.29) is 62.9 Å². The van der Waals surface area contributed by atoms with E-state index in [9.17, 15) is 68.8 Å². The van der Waals surface area contributed by atoms with Crippen LogP contribution in [0.1, 0.15) is 96.1 Å². The molecule has 0 spiro atoms. The summed E-state index contributed by atoms with van der Waals surface area (Å²) in [5, 5.41) is 109. The fourth-order valence-corrected chi connectivity index (χ4v) is 15.1. The van der Waals surface area contributed by atoms with E-state index in [1.807, 2.05) is 0 Å². The summed E-state index contributed by atoms with van der Waals surface area (Å²) in [6, 6.07) is 7.72. The van der Waals surface area contributed by atoms with Crippen molar-refractivity contribution in [2.24, 2.45) is 23.7 Å². The number of fused-ring (bicyclic) bond motifs is 2. The minimum atomic E-state index is -1.70. The third-order valence-corrected chi connectivity index (χ3v) is 20.5. The summed E-state index contributed by atoms with van der Waals surface area (Å²) in [6.45, 7) is 2.12. The highest BCUT2D eigenvalue weighted by molar-refractivity contribution is 5.82. The van der Waals surface area contributed by atoms with E-state index in [4.69, 9.17) is 37.9 Å². The number of aliphatic hydroxyl groups excluding tert-OH is 8. The number of likely N-dealkylation sites (tertiary alicyclic amines) is 1. The van der Waals surface area contributed by atoms with Gasteiger partial charge in [-0.15, -0.1) is 10.6 Å². The maximum Gasteiger partial charge on any atom is 0.251 e. The lowest BCUT2D eigenvalue weighted by molar-refractivity contribution is -0.328. The predicted molar refractivity (Wildman–Crippen MR) is 331 cm³/mol. The van der Waals surface area contributed by atoms with Gasteiger partial charge in [0, 0.05) is 68.2 Å². The number of carbonyl (C=O) groups is 4. The van der Waals surface area contributed by atoms with Gasteiger partial charge < -0.3 is 105 Å². The molecule has 7 heterocycles. The highest BCUT2D eigenvalue weighted by atomic mass is 19.1. The van der Waals surface area contributed by atoms with Crippen LogP contribution in [0.3, 0.4) is 0 Å². The van der Waals surface area contributed by atoms with Gasteiger partial charge in [-0.3, -0.25) is 24.2 Å². The largest absolute Gasteiger partial charge is 0.394 e. The van der Waals surface area contributed by atoms with Crippen molar-refractivity contribution in [2.45, 2.75) is 213 Å². The maximum atomic E-state index is 14.6. The first-order chi connectivity index (χ1) is 46.7. The Hall–Kier alpha value is -6.02. The third-order valence-electron chi connectivity index (χ3n) is 20.5. The van der Waals surface area contributed by atoms with E-state index in [0.717, 1.165) is 38.5 Å². The number of hydrogen-bond acceptors (Lipinski definition) is 25. The summed E-state index contributed by atoms with van der Waals surface area (Å²) in [6.07, 6.45) is -15.0. The first-order valence-corrected chi connectivity index (χ1v) is 33.8. The van der Waals surface area contributed by atoms with Crippen LogP contribution in [-0.4, -0.2) is 258 Å². The zero-order valence-corrected chi connectivity index (χ0v) is 53.9. The Labute approximate surface area is 558 Å². The molecule has 24 atom stereocenters. The molecule has 5 saturated heterocycles.